The third kappa shape index (κ3) is 6.71. The maximum atomic E-state index is 12.6. The average Bonchev–Trinajstić information content (AvgIpc) is 2.77. The first-order valence-electron chi connectivity index (χ1n) is 8.76. The third-order valence-electron chi connectivity index (χ3n) is 4.37. The Labute approximate surface area is 148 Å². The van der Waals surface area contributed by atoms with Crippen molar-refractivity contribution in [1.29, 1.82) is 0 Å². The summed E-state index contributed by atoms with van der Waals surface area (Å²) in [6.45, 7) is 6.51. The van der Waals surface area contributed by atoms with E-state index in [-0.39, 0.29) is 29.7 Å². The highest BCUT2D eigenvalue weighted by Crippen LogP contribution is 2.21. The molecule has 2 amide bonds. The van der Waals surface area contributed by atoms with Gasteiger partial charge >= 0.3 is 5.97 Å². The fourth-order valence-corrected chi connectivity index (χ4v) is 4.09. The third-order valence-corrected chi connectivity index (χ3v) is 5.60. The summed E-state index contributed by atoms with van der Waals surface area (Å²) in [6, 6.07) is -0.0977. The summed E-state index contributed by atoms with van der Waals surface area (Å²) in [6.07, 6.45) is 4.43. The van der Waals surface area contributed by atoms with E-state index < -0.39 is 5.97 Å². The molecule has 1 saturated heterocycles. The van der Waals surface area contributed by atoms with Crippen LogP contribution in [0.2, 0.25) is 0 Å². The lowest BCUT2D eigenvalue weighted by molar-refractivity contribution is -0.145. The summed E-state index contributed by atoms with van der Waals surface area (Å²) in [4.78, 5) is 38.6. The SMILES string of the molecule is CCCCSC(C)C(=O)N1CCCC(N(CC(=O)O)C(C)=O)CC1. The molecule has 0 aromatic rings. The monoisotopic (exact) mass is 358 g/mol. The van der Waals surface area contributed by atoms with Gasteiger partial charge in [0.05, 0.1) is 5.25 Å². The fourth-order valence-electron chi connectivity index (χ4n) is 2.99. The molecule has 2 unspecified atom stereocenters. The number of carbonyl (C=O) groups excluding carboxylic acids is 2. The van der Waals surface area contributed by atoms with Crippen molar-refractivity contribution in [2.45, 2.75) is 64.2 Å². The second-order valence-corrected chi connectivity index (χ2v) is 7.77. The number of thioether (sulfide) groups is 1. The predicted octanol–water partition coefficient (Wildman–Crippen LogP) is 2.22. The minimum Gasteiger partial charge on any atom is -0.480 e. The summed E-state index contributed by atoms with van der Waals surface area (Å²) in [5.41, 5.74) is 0. The minimum absolute atomic E-state index is 0.0453. The molecule has 0 aromatic carbocycles. The van der Waals surface area contributed by atoms with E-state index in [1.54, 1.807) is 11.8 Å². The van der Waals surface area contributed by atoms with Crippen LogP contribution in [-0.2, 0) is 14.4 Å². The number of carboxylic acid groups (broad SMARTS) is 1. The highest BCUT2D eigenvalue weighted by molar-refractivity contribution is 8.00. The highest BCUT2D eigenvalue weighted by atomic mass is 32.2. The largest absolute Gasteiger partial charge is 0.480 e. The first-order valence-corrected chi connectivity index (χ1v) is 9.81. The Morgan fingerprint density at radius 1 is 1.29 bits per heavy atom. The van der Waals surface area contributed by atoms with Gasteiger partial charge in [0.2, 0.25) is 11.8 Å². The van der Waals surface area contributed by atoms with Crippen LogP contribution in [0.4, 0.5) is 0 Å². The summed E-state index contributed by atoms with van der Waals surface area (Å²) >= 11 is 1.70. The van der Waals surface area contributed by atoms with Crippen LogP contribution >= 0.6 is 11.8 Å². The number of unbranched alkanes of at least 4 members (excludes halogenated alkanes) is 1. The molecule has 7 heteroatoms. The van der Waals surface area contributed by atoms with Crippen molar-refractivity contribution in [1.82, 2.24) is 9.80 Å². The van der Waals surface area contributed by atoms with E-state index in [1.165, 1.54) is 11.8 Å². The molecule has 1 heterocycles. The highest BCUT2D eigenvalue weighted by Gasteiger charge is 2.29. The molecule has 0 saturated carbocycles. The van der Waals surface area contributed by atoms with Crippen LogP contribution in [0.3, 0.4) is 0 Å². The van der Waals surface area contributed by atoms with Crippen LogP contribution in [0.1, 0.15) is 52.9 Å². The van der Waals surface area contributed by atoms with Crippen molar-refractivity contribution in [2.75, 3.05) is 25.4 Å². The molecule has 0 radical (unpaired) electrons. The van der Waals surface area contributed by atoms with Gasteiger partial charge in [0.25, 0.3) is 0 Å². The number of amides is 2. The lowest BCUT2D eigenvalue weighted by Gasteiger charge is -2.29. The summed E-state index contributed by atoms with van der Waals surface area (Å²) in [5, 5.41) is 8.94. The zero-order valence-electron chi connectivity index (χ0n) is 15.0. The van der Waals surface area contributed by atoms with Gasteiger partial charge in [0.1, 0.15) is 6.54 Å². The molecule has 6 nitrogen and oxygen atoms in total. The van der Waals surface area contributed by atoms with E-state index in [1.807, 2.05) is 11.8 Å². The maximum Gasteiger partial charge on any atom is 0.323 e. The molecule has 1 N–H and O–H groups in total. The first-order chi connectivity index (χ1) is 11.4. The summed E-state index contributed by atoms with van der Waals surface area (Å²) in [5.74, 6) is -0.0605. The Kier molecular flexibility index (Phi) is 9.18. The Bertz CT molecular complexity index is 444. The van der Waals surface area contributed by atoms with E-state index in [4.69, 9.17) is 5.11 Å². The number of rotatable bonds is 8. The van der Waals surface area contributed by atoms with Crippen molar-refractivity contribution in [2.24, 2.45) is 0 Å². The molecule has 2 atom stereocenters. The van der Waals surface area contributed by atoms with Crippen LogP contribution in [0.5, 0.6) is 0 Å². The van der Waals surface area contributed by atoms with Gasteiger partial charge in [0.15, 0.2) is 0 Å². The Balaban J connectivity index is 2.58. The van der Waals surface area contributed by atoms with Gasteiger partial charge in [-0.15, -0.1) is 11.8 Å². The van der Waals surface area contributed by atoms with Crippen molar-refractivity contribution in [3.8, 4) is 0 Å². The van der Waals surface area contributed by atoms with Gasteiger partial charge in [-0.05, 0) is 38.4 Å². The molecule has 1 aliphatic rings. The zero-order chi connectivity index (χ0) is 18.1. The number of hydrogen-bond acceptors (Lipinski definition) is 4. The number of likely N-dealkylation sites (tertiary alicyclic amines) is 1. The smallest absolute Gasteiger partial charge is 0.323 e. The summed E-state index contributed by atoms with van der Waals surface area (Å²) < 4.78 is 0. The minimum atomic E-state index is -0.997. The normalized spacial score (nSPS) is 19.5. The lowest BCUT2D eigenvalue weighted by Crippen LogP contribution is -2.43. The molecule has 1 fully saturated rings. The van der Waals surface area contributed by atoms with Gasteiger partial charge in [-0.1, -0.05) is 13.3 Å². The molecule has 24 heavy (non-hydrogen) atoms. The number of nitrogens with zero attached hydrogens (tertiary/aromatic N) is 2. The van der Waals surface area contributed by atoms with Crippen LogP contribution < -0.4 is 0 Å². The van der Waals surface area contributed by atoms with Crippen LogP contribution in [0, 0.1) is 0 Å². The zero-order valence-corrected chi connectivity index (χ0v) is 15.8. The Morgan fingerprint density at radius 3 is 2.58 bits per heavy atom. The first kappa shape index (κ1) is 20.8. The van der Waals surface area contributed by atoms with Crippen LogP contribution in [-0.4, -0.2) is 69.4 Å². The summed E-state index contributed by atoms with van der Waals surface area (Å²) in [7, 11) is 0. The van der Waals surface area contributed by atoms with Gasteiger partial charge in [0, 0.05) is 26.1 Å². The second-order valence-electron chi connectivity index (χ2n) is 6.32. The fraction of sp³-hybridized carbons (Fsp3) is 0.824. The van der Waals surface area contributed by atoms with E-state index in [2.05, 4.69) is 6.92 Å². The average molecular weight is 359 g/mol. The van der Waals surface area contributed by atoms with Gasteiger partial charge in [-0.3, -0.25) is 14.4 Å². The number of carboxylic acids is 1. The second kappa shape index (κ2) is 10.6. The van der Waals surface area contributed by atoms with E-state index >= 15 is 0 Å². The van der Waals surface area contributed by atoms with Crippen LogP contribution in [0.15, 0.2) is 0 Å². The van der Waals surface area contributed by atoms with E-state index in [0.29, 0.717) is 19.5 Å². The molecule has 1 rings (SSSR count). The number of aliphatic carboxylic acids is 1. The van der Waals surface area contributed by atoms with Crippen molar-refractivity contribution >= 4 is 29.5 Å². The standard InChI is InChI=1S/C17H30N2O4S/c1-4-5-11-24-13(2)17(23)18-9-6-7-15(8-10-18)19(14(3)20)12-16(21)22/h13,15H,4-12H2,1-3H3,(H,21,22). The van der Waals surface area contributed by atoms with Crippen molar-refractivity contribution in [3.05, 3.63) is 0 Å². The molecular weight excluding hydrogens is 328 g/mol. The molecule has 0 bridgehead atoms. The van der Waals surface area contributed by atoms with Gasteiger partial charge in [-0.2, -0.15) is 0 Å². The Hall–Kier alpha value is -1.24. The molecule has 138 valence electrons. The maximum absolute atomic E-state index is 12.6. The lowest BCUT2D eigenvalue weighted by atomic mass is 10.1. The molecule has 0 spiro atoms. The van der Waals surface area contributed by atoms with E-state index in [9.17, 15) is 14.4 Å². The molecule has 0 aromatic heterocycles. The molecular formula is C17H30N2O4S. The Morgan fingerprint density at radius 2 is 2.00 bits per heavy atom. The van der Waals surface area contributed by atoms with Gasteiger partial charge in [-0.25, -0.2) is 0 Å². The van der Waals surface area contributed by atoms with Gasteiger partial charge < -0.3 is 14.9 Å². The molecule has 0 aliphatic carbocycles. The number of carbonyl (C=O) groups is 3. The molecule has 1 aliphatic heterocycles. The van der Waals surface area contributed by atoms with Crippen molar-refractivity contribution in [3.63, 3.8) is 0 Å². The topological polar surface area (TPSA) is 77.9 Å². The van der Waals surface area contributed by atoms with E-state index in [0.717, 1.165) is 31.4 Å². The van der Waals surface area contributed by atoms with Crippen molar-refractivity contribution < 1.29 is 19.5 Å². The number of hydrogen-bond donors (Lipinski definition) is 1. The quantitative estimate of drug-likeness (QED) is 0.673. The predicted molar refractivity (Wildman–Crippen MR) is 96.1 cm³/mol. The van der Waals surface area contributed by atoms with Crippen LogP contribution in [0.25, 0.3) is 0 Å².